The van der Waals surface area contributed by atoms with E-state index in [0.29, 0.717) is 23.6 Å². The number of amides is 2. The highest BCUT2D eigenvalue weighted by atomic mass is 16.5. The summed E-state index contributed by atoms with van der Waals surface area (Å²) in [5.74, 6) is 1.12. The van der Waals surface area contributed by atoms with Crippen LogP contribution < -0.4 is 20.1 Å². The van der Waals surface area contributed by atoms with Gasteiger partial charge in [0.2, 0.25) is 0 Å². The topological polar surface area (TPSA) is 79.8 Å². The molecule has 6 nitrogen and oxygen atoms in total. The van der Waals surface area contributed by atoms with Gasteiger partial charge < -0.3 is 25.2 Å². The standard InChI is InChI=1S/C19H22N2O4/c1-24-16-8-7-14(11-17(16)25-2)21-18(22)20-12-19(23)10-9-13-5-3-4-6-15(13)19/h3-8,11,23H,9-10,12H2,1-2H3,(H2,20,21,22). The zero-order chi connectivity index (χ0) is 17.9. The minimum absolute atomic E-state index is 0.156. The average molecular weight is 342 g/mol. The molecular formula is C19H22N2O4. The minimum atomic E-state index is -1.02. The predicted octanol–water partition coefficient (Wildman–Crippen LogP) is 2.66. The second-order valence-corrected chi connectivity index (χ2v) is 6.07. The number of anilines is 1. The molecule has 0 fully saturated rings. The number of ether oxygens (including phenoxy) is 2. The third-order valence-electron chi connectivity index (χ3n) is 4.51. The second kappa shape index (κ2) is 7.03. The first-order chi connectivity index (χ1) is 12.1. The highest BCUT2D eigenvalue weighted by molar-refractivity contribution is 5.89. The van der Waals surface area contributed by atoms with Gasteiger partial charge >= 0.3 is 6.03 Å². The molecule has 1 aliphatic rings. The molecule has 2 aromatic rings. The summed E-state index contributed by atoms with van der Waals surface area (Å²) in [5, 5.41) is 16.3. The molecule has 0 aliphatic heterocycles. The Morgan fingerprint density at radius 2 is 1.92 bits per heavy atom. The van der Waals surface area contributed by atoms with E-state index in [0.717, 1.165) is 17.5 Å². The molecule has 132 valence electrons. The fraction of sp³-hybridized carbons (Fsp3) is 0.316. The summed E-state index contributed by atoms with van der Waals surface area (Å²) in [4.78, 5) is 12.2. The maximum Gasteiger partial charge on any atom is 0.319 e. The van der Waals surface area contributed by atoms with E-state index in [1.807, 2.05) is 24.3 Å². The van der Waals surface area contributed by atoms with Crippen molar-refractivity contribution in [3.63, 3.8) is 0 Å². The van der Waals surface area contributed by atoms with Gasteiger partial charge in [-0.05, 0) is 36.1 Å². The van der Waals surface area contributed by atoms with E-state index in [9.17, 15) is 9.90 Å². The van der Waals surface area contributed by atoms with Crippen LogP contribution in [0.2, 0.25) is 0 Å². The van der Waals surface area contributed by atoms with Gasteiger partial charge in [-0.2, -0.15) is 0 Å². The molecule has 0 radical (unpaired) electrons. The molecule has 0 saturated carbocycles. The molecule has 0 aromatic heterocycles. The van der Waals surface area contributed by atoms with Crippen molar-refractivity contribution in [3.05, 3.63) is 53.6 Å². The molecule has 6 heteroatoms. The van der Waals surface area contributed by atoms with Gasteiger partial charge in [-0.1, -0.05) is 24.3 Å². The van der Waals surface area contributed by atoms with Crippen molar-refractivity contribution in [2.45, 2.75) is 18.4 Å². The smallest absolute Gasteiger partial charge is 0.319 e. The summed E-state index contributed by atoms with van der Waals surface area (Å²) in [7, 11) is 3.09. The largest absolute Gasteiger partial charge is 0.493 e. The van der Waals surface area contributed by atoms with E-state index in [1.165, 1.54) is 7.11 Å². The molecule has 3 N–H and O–H groups in total. The van der Waals surface area contributed by atoms with Crippen molar-refractivity contribution < 1.29 is 19.4 Å². The van der Waals surface area contributed by atoms with E-state index in [-0.39, 0.29) is 12.6 Å². The highest BCUT2D eigenvalue weighted by Gasteiger charge is 2.36. The zero-order valence-corrected chi connectivity index (χ0v) is 14.3. The first-order valence-electron chi connectivity index (χ1n) is 8.13. The number of carbonyl (C=O) groups is 1. The third kappa shape index (κ3) is 3.53. The maximum atomic E-state index is 12.2. The molecule has 0 spiro atoms. The van der Waals surface area contributed by atoms with Gasteiger partial charge in [0.1, 0.15) is 5.60 Å². The van der Waals surface area contributed by atoms with Crippen molar-refractivity contribution in [1.82, 2.24) is 5.32 Å². The van der Waals surface area contributed by atoms with E-state index in [2.05, 4.69) is 10.6 Å². The Labute approximate surface area is 146 Å². The van der Waals surface area contributed by atoms with Crippen LogP contribution in [-0.4, -0.2) is 31.9 Å². The van der Waals surface area contributed by atoms with Gasteiger partial charge in [0.15, 0.2) is 11.5 Å². The Morgan fingerprint density at radius 3 is 2.68 bits per heavy atom. The average Bonchev–Trinajstić information content (AvgIpc) is 2.98. The lowest BCUT2D eigenvalue weighted by Gasteiger charge is -2.24. The Hall–Kier alpha value is -2.73. The summed E-state index contributed by atoms with van der Waals surface area (Å²) in [5.41, 5.74) is 1.58. The van der Waals surface area contributed by atoms with Crippen LogP contribution in [0.15, 0.2) is 42.5 Å². The number of rotatable bonds is 5. The molecule has 1 atom stereocenters. The summed E-state index contributed by atoms with van der Waals surface area (Å²) >= 11 is 0. The fourth-order valence-corrected chi connectivity index (χ4v) is 3.17. The molecular weight excluding hydrogens is 320 g/mol. The zero-order valence-electron chi connectivity index (χ0n) is 14.3. The molecule has 1 unspecified atom stereocenters. The Balaban J connectivity index is 1.62. The fourth-order valence-electron chi connectivity index (χ4n) is 3.17. The summed E-state index contributed by atoms with van der Waals surface area (Å²) < 4.78 is 10.4. The van der Waals surface area contributed by atoms with Gasteiger partial charge in [-0.3, -0.25) is 0 Å². The van der Waals surface area contributed by atoms with Crippen molar-refractivity contribution in [2.75, 3.05) is 26.1 Å². The van der Waals surface area contributed by atoms with Crippen LogP contribution in [0.3, 0.4) is 0 Å². The van der Waals surface area contributed by atoms with E-state index in [4.69, 9.17) is 9.47 Å². The Kier molecular flexibility index (Phi) is 4.81. The summed E-state index contributed by atoms with van der Waals surface area (Å²) in [6, 6.07) is 12.5. The van der Waals surface area contributed by atoms with Crippen LogP contribution in [0.5, 0.6) is 11.5 Å². The van der Waals surface area contributed by atoms with E-state index < -0.39 is 5.60 Å². The Morgan fingerprint density at radius 1 is 1.16 bits per heavy atom. The SMILES string of the molecule is COc1ccc(NC(=O)NCC2(O)CCc3ccccc32)cc1OC. The lowest BCUT2D eigenvalue weighted by Crippen LogP contribution is -2.41. The van der Waals surface area contributed by atoms with Crippen molar-refractivity contribution in [2.24, 2.45) is 0 Å². The first kappa shape index (κ1) is 17.1. The molecule has 2 aromatic carbocycles. The number of aryl methyl sites for hydroxylation is 1. The van der Waals surface area contributed by atoms with E-state index in [1.54, 1.807) is 25.3 Å². The Bertz CT molecular complexity index is 778. The molecule has 2 amide bonds. The van der Waals surface area contributed by atoms with Gasteiger partial charge in [0.05, 0.1) is 20.8 Å². The van der Waals surface area contributed by atoms with Crippen molar-refractivity contribution in [3.8, 4) is 11.5 Å². The van der Waals surface area contributed by atoms with Crippen LogP contribution in [0, 0.1) is 0 Å². The molecule has 1 aliphatic carbocycles. The molecule has 25 heavy (non-hydrogen) atoms. The predicted molar refractivity (Wildman–Crippen MR) is 95.2 cm³/mol. The van der Waals surface area contributed by atoms with Crippen LogP contribution in [0.25, 0.3) is 0 Å². The number of hydrogen-bond acceptors (Lipinski definition) is 4. The number of urea groups is 1. The molecule has 0 bridgehead atoms. The number of aliphatic hydroxyl groups is 1. The lowest BCUT2D eigenvalue weighted by atomic mass is 9.96. The quantitative estimate of drug-likeness (QED) is 0.780. The summed E-state index contributed by atoms with van der Waals surface area (Å²) in [6.07, 6.45) is 1.41. The second-order valence-electron chi connectivity index (χ2n) is 6.07. The first-order valence-corrected chi connectivity index (χ1v) is 8.13. The number of benzene rings is 2. The van der Waals surface area contributed by atoms with Crippen LogP contribution in [0.4, 0.5) is 10.5 Å². The van der Waals surface area contributed by atoms with Crippen LogP contribution in [-0.2, 0) is 12.0 Å². The molecule has 3 rings (SSSR count). The monoisotopic (exact) mass is 342 g/mol. The highest BCUT2D eigenvalue weighted by Crippen LogP contribution is 2.36. The number of fused-ring (bicyclic) bond motifs is 1. The van der Waals surface area contributed by atoms with Crippen molar-refractivity contribution >= 4 is 11.7 Å². The van der Waals surface area contributed by atoms with Gasteiger partial charge in [-0.25, -0.2) is 4.79 Å². The number of methoxy groups -OCH3 is 2. The van der Waals surface area contributed by atoms with E-state index >= 15 is 0 Å². The number of hydrogen-bond donors (Lipinski definition) is 3. The minimum Gasteiger partial charge on any atom is -0.493 e. The summed E-state index contributed by atoms with van der Waals surface area (Å²) in [6.45, 7) is 0.156. The molecule has 0 heterocycles. The lowest BCUT2D eigenvalue weighted by molar-refractivity contribution is 0.0417. The van der Waals surface area contributed by atoms with Gasteiger partial charge in [-0.15, -0.1) is 0 Å². The number of carbonyl (C=O) groups excluding carboxylic acids is 1. The van der Waals surface area contributed by atoms with Crippen molar-refractivity contribution in [1.29, 1.82) is 0 Å². The van der Waals surface area contributed by atoms with Crippen LogP contribution >= 0.6 is 0 Å². The third-order valence-corrected chi connectivity index (χ3v) is 4.51. The maximum absolute atomic E-state index is 12.2. The van der Waals surface area contributed by atoms with Gasteiger partial charge in [0.25, 0.3) is 0 Å². The normalized spacial score (nSPS) is 18.4. The van der Waals surface area contributed by atoms with Crippen LogP contribution in [0.1, 0.15) is 17.5 Å². The molecule has 0 saturated heterocycles. The van der Waals surface area contributed by atoms with Gasteiger partial charge in [0, 0.05) is 11.8 Å². The number of nitrogens with one attached hydrogen (secondary N) is 2.